The minimum absolute atomic E-state index is 0.153. The van der Waals surface area contributed by atoms with Crippen LogP contribution in [0, 0.1) is 0 Å². The van der Waals surface area contributed by atoms with E-state index in [9.17, 15) is 9.90 Å². The first-order valence-electron chi connectivity index (χ1n) is 8.62. The first kappa shape index (κ1) is 16.3. The topological polar surface area (TPSA) is 66.5 Å². The van der Waals surface area contributed by atoms with Crippen LogP contribution in [0.25, 0.3) is 5.69 Å². The second-order valence-corrected chi connectivity index (χ2v) is 6.41. The number of piperazine rings is 1. The van der Waals surface area contributed by atoms with Gasteiger partial charge in [-0.25, -0.2) is 14.0 Å². The Labute approximate surface area is 151 Å². The third-order valence-corrected chi connectivity index (χ3v) is 4.81. The van der Waals surface area contributed by atoms with Crippen LogP contribution in [-0.4, -0.2) is 45.6 Å². The fraction of sp³-hybridized carbons (Fsp3) is 0.263. The van der Waals surface area contributed by atoms with Crippen LogP contribution >= 0.6 is 0 Å². The maximum absolute atomic E-state index is 12.0. The number of rotatable bonds is 3. The zero-order valence-electron chi connectivity index (χ0n) is 14.6. The Morgan fingerprint density at radius 1 is 0.808 bits per heavy atom. The standard InChI is InChI=1S/C19H21N5O2/c1-21-19(26)24(14-20-21)17-4-2-15(3-5-17)22-10-12-23(13-11-22)16-6-8-18(25)9-7-16/h2-9,14,25H,10-13H2,1H3. The van der Waals surface area contributed by atoms with Gasteiger partial charge in [0.1, 0.15) is 12.1 Å². The fourth-order valence-corrected chi connectivity index (χ4v) is 3.27. The summed E-state index contributed by atoms with van der Waals surface area (Å²) in [5.41, 5.74) is 2.94. The van der Waals surface area contributed by atoms with E-state index < -0.39 is 0 Å². The average Bonchev–Trinajstić information content (AvgIpc) is 3.02. The van der Waals surface area contributed by atoms with Gasteiger partial charge in [-0.05, 0) is 48.5 Å². The molecule has 4 rings (SSSR count). The van der Waals surface area contributed by atoms with Gasteiger partial charge in [0, 0.05) is 44.6 Å². The van der Waals surface area contributed by atoms with E-state index in [0.717, 1.165) is 43.2 Å². The molecule has 26 heavy (non-hydrogen) atoms. The van der Waals surface area contributed by atoms with Crippen LogP contribution in [0.15, 0.2) is 59.7 Å². The molecule has 0 atom stereocenters. The number of phenolic OH excluding ortho intramolecular Hbond substituents is 1. The van der Waals surface area contributed by atoms with E-state index in [1.807, 2.05) is 36.4 Å². The summed E-state index contributed by atoms with van der Waals surface area (Å²) in [6, 6.07) is 15.3. The molecular formula is C19H21N5O2. The van der Waals surface area contributed by atoms with Gasteiger partial charge in [0.05, 0.1) is 5.69 Å². The van der Waals surface area contributed by atoms with Crippen molar-refractivity contribution < 1.29 is 5.11 Å². The average molecular weight is 351 g/mol. The molecule has 1 fully saturated rings. The molecule has 0 radical (unpaired) electrons. The second-order valence-electron chi connectivity index (χ2n) is 6.41. The van der Waals surface area contributed by atoms with Crippen molar-refractivity contribution in [1.29, 1.82) is 0 Å². The zero-order chi connectivity index (χ0) is 18.1. The van der Waals surface area contributed by atoms with Gasteiger partial charge < -0.3 is 14.9 Å². The lowest BCUT2D eigenvalue weighted by atomic mass is 10.2. The Hall–Kier alpha value is -3.22. The number of anilines is 2. The van der Waals surface area contributed by atoms with Crippen molar-refractivity contribution in [2.75, 3.05) is 36.0 Å². The third-order valence-electron chi connectivity index (χ3n) is 4.81. The number of benzene rings is 2. The molecule has 2 heterocycles. The molecule has 0 bridgehead atoms. The lowest BCUT2D eigenvalue weighted by Gasteiger charge is -2.37. The number of phenols is 1. The predicted molar refractivity (Wildman–Crippen MR) is 101 cm³/mol. The number of hydrogen-bond acceptors (Lipinski definition) is 5. The summed E-state index contributed by atoms with van der Waals surface area (Å²) in [6.07, 6.45) is 1.54. The molecule has 7 heteroatoms. The fourth-order valence-electron chi connectivity index (χ4n) is 3.27. The van der Waals surface area contributed by atoms with Gasteiger partial charge in [0.2, 0.25) is 0 Å². The number of nitrogens with zero attached hydrogens (tertiary/aromatic N) is 5. The van der Waals surface area contributed by atoms with Gasteiger partial charge in [-0.1, -0.05) is 0 Å². The maximum Gasteiger partial charge on any atom is 0.350 e. The van der Waals surface area contributed by atoms with E-state index in [0.29, 0.717) is 5.75 Å². The van der Waals surface area contributed by atoms with Crippen LogP contribution in [0.3, 0.4) is 0 Å². The Kier molecular flexibility index (Phi) is 4.12. The summed E-state index contributed by atoms with van der Waals surface area (Å²) >= 11 is 0. The first-order valence-corrected chi connectivity index (χ1v) is 8.62. The smallest absolute Gasteiger partial charge is 0.350 e. The molecule has 0 aliphatic carbocycles. The van der Waals surface area contributed by atoms with Gasteiger partial charge in [-0.2, -0.15) is 5.10 Å². The predicted octanol–water partition coefficient (Wildman–Crippen LogP) is 1.60. The summed E-state index contributed by atoms with van der Waals surface area (Å²) in [5.74, 6) is 0.292. The van der Waals surface area contributed by atoms with E-state index >= 15 is 0 Å². The molecular weight excluding hydrogens is 330 g/mol. The van der Waals surface area contributed by atoms with Gasteiger partial charge in [-0.3, -0.25) is 0 Å². The molecule has 1 saturated heterocycles. The molecule has 1 aliphatic heterocycles. The number of hydrogen-bond donors (Lipinski definition) is 1. The first-order chi connectivity index (χ1) is 12.6. The summed E-state index contributed by atoms with van der Waals surface area (Å²) in [4.78, 5) is 16.6. The van der Waals surface area contributed by atoms with Crippen LogP contribution < -0.4 is 15.5 Å². The van der Waals surface area contributed by atoms with Crippen LogP contribution in [0.4, 0.5) is 11.4 Å². The van der Waals surface area contributed by atoms with Crippen molar-refractivity contribution in [3.8, 4) is 11.4 Å². The van der Waals surface area contributed by atoms with E-state index in [1.54, 1.807) is 19.2 Å². The van der Waals surface area contributed by atoms with Gasteiger partial charge >= 0.3 is 5.69 Å². The highest BCUT2D eigenvalue weighted by Gasteiger charge is 2.17. The lowest BCUT2D eigenvalue weighted by Crippen LogP contribution is -2.46. The third kappa shape index (κ3) is 3.03. The summed E-state index contributed by atoms with van der Waals surface area (Å²) in [6.45, 7) is 3.70. The molecule has 0 spiro atoms. The minimum atomic E-state index is -0.153. The van der Waals surface area contributed by atoms with Gasteiger partial charge in [0.15, 0.2) is 0 Å². The van der Waals surface area contributed by atoms with Crippen molar-refractivity contribution in [3.63, 3.8) is 0 Å². The molecule has 0 unspecified atom stereocenters. The van der Waals surface area contributed by atoms with Gasteiger partial charge in [-0.15, -0.1) is 0 Å². The number of aromatic nitrogens is 3. The van der Waals surface area contributed by atoms with E-state index in [2.05, 4.69) is 14.9 Å². The Balaban J connectivity index is 1.44. The van der Waals surface area contributed by atoms with Crippen molar-refractivity contribution in [1.82, 2.24) is 14.3 Å². The molecule has 2 aromatic carbocycles. The number of aromatic hydroxyl groups is 1. The van der Waals surface area contributed by atoms with Crippen molar-refractivity contribution in [2.45, 2.75) is 0 Å². The van der Waals surface area contributed by atoms with Crippen molar-refractivity contribution in [3.05, 3.63) is 65.3 Å². The zero-order valence-corrected chi connectivity index (χ0v) is 14.6. The maximum atomic E-state index is 12.0. The highest BCUT2D eigenvalue weighted by atomic mass is 16.3. The second kappa shape index (κ2) is 6.59. The van der Waals surface area contributed by atoms with Crippen molar-refractivity contribution >= 4 is 11.4 Å². The Bertz CT molecular complexity index is 935. The van der Waals surface area contributed by atoms with Crippen LogP contribution in [0.1, 0.15) is 0 Å². The molecule has 134 valence electrons. The van der Waals surface area contributed by atoms with Crippen LogP contribution in [0.2, 0.25) is 0 Å². The highest BCUT2D eigenvalue weighted by Crippen LogP contribution is 2.23. The molecule has 0 amide bonds. The molecule has 0 saturated carbocycles. The van der Waals surface area contributed by atoms with E-state index in [-0.39, 0.29) is 5.69 Å². The summed E-state index contributed by atoms with van der Waals surface area (Å²) < 4.78 is 2.85. The highest BCUT2D eigenvalue weighted by molar-refractivity contribution is 5.54. The van der Waals surface area contributed by atoms with Crippen LogP contribution in [-0.2, 0) is 7.05 Å². The molecule has 7 nitrogen and oxygen atoms in total. The molecule has 1 aliphatic rings. The molecule has 3 aromatic rings. The minimum Gasteiger partial charge on any atom is -0.508 e. The van der Waals surface area contributed by atoms with Crippen LogP contribution in [0.5, 0.6) is 5.75 Å². The van der Waals surface area contributed by atoms with E-state index in [4.69, 9.17) is 0 Å². The van der Waals surface area contributed by atoms with Crippen molar-refractivity contribution in [2.24, 2.45) is 7.05 Å². The quantitative estimate of drug-likeness (QED) is 0.776. The Morgan fingerprint density at radius 3 is 1.73 bits per heavy atom. The normalized spacial score (nSPS) is 14.7. The Morgan fingerprint density at radius 2 is 1.27 bits per heavy atom. The largest absolute Gasteiger partial charge is 0.508 e. The lowest BCUT2D eigenvalue weighted by molar-refractivity contribution is 0.475. The van der Waals surface area contributed by atoms with Gasteiger partial charge in [0.25, 0.3) is 0 Å². The molecule has 1 aromatic heterocycles. The molecule has 1 N–H and O–H groups in total. The summed E-state index contributed by atoms with van der Waals surface area (Å²) in [5, 5.41) is 13.4. The number of aryl methyl sites for hydroxylation is 1. The monoisotopic (exact) mass is 351 g/mol. The SMILES string of the molecule is Cn1ncn(-c2ccc(N3CCN(c4ccc(O)cc4)CC3)cc2)c1=O. The summed E-state index contributed by atoms with van der Waals surface area (Å²) in [7, 11) is 1.64. The van der Waals surface area contributed by atoms with E-state index in [1.165, 1.54) is 15.6 Å².